The molecule has 0 atom stereocenters. The first-order valence-corrected chi connectivity index (χ1v) is 4.89. The Morgan fingerprint density at radius 3 is 3.00 bits per heavy atom. The molecule has 1 heterocycles. The fourth-order valence-electron chi connectivity index (χ4n) is 1.90. The van der Waals surface area contributed by atoms with Gasteiger partial charge in [-0.05, 0) is 24.2 Å². The zero-order chi connectivity index (χ0) is 10.1. The molecular formula is C12H16N2. The van der Waals surface area contributed by atoms with E-state index in [0.717, 1.165) is 18.8 Å². The average molecular weight is 188 g/mol. The van der Waals surface area contributed by atoms with Crippen molar-refractivity contribution in [1.82, 2.24) is 10.2 Å². The molecule has 2 rings (SSSR count). The molecule has 0 unspecified atom stereocenters. The van der Waals surface area contributed by atoms with Gasteiger partial charge in [-0.3, -0.25) is 0 Å². The molecule has 0 amide bonds. The molecule has 2 heteroatoms. The molecule has 14 heavy (non-hydrogen) atoms. The van der Waals surface area contributed by atoms with Gasteiger partial charge in [-0.15, -0.1) is 0 Å². The molecule has 0 aliphatic carbocycles. The van der Waals surface area contributed by atoms with Crippen LogP contribution in [0.4, 0.5) is 0 Å². The van der Waals surface area contributed by atoms with Gasteiger partial charge in [-0.25, -0.2) is 0 Å². The van der Waals surface area contributed by atoms with E-state index in [0.29, 0.717) is 0 Å². The van der Waals surface area contributed by atoms with Crippen molar-refractivity contribution in [2.45, 2.75) is 13.1 Å². The summed E-state index contributed by atoms with van der Waals surface area (Å²) in [6.45, 7) is 6.00. The number of hydrogen-bond acceptors (Lipinski definition) is 2. The number of fused-ring (bicyclic) bond motifs is 1. The van der Waals surface area contributed by atoms with Gasteiger partial charge in [0.05, 0.1) is 0 Å². The van der Waals surface area contributed by atoms with Crippen molar-refractivity contribution < 1.29 is 0 Å². The van der Waals surface area contributed by atoms with Crippen molar-refractivity contribution in [2.75, 3.05) is 14.1 Å². The zero-order valence-electron chi connectivity index (χ0n) is 8.80. The van der Waals surface area contributed by atoms with Gasteiger partial charge in [-0.1, -0.05) is 18.7 Å². The third kappa shape index (κ3) is 1.42. The highest BCUT2D eigenvalue weighted by atomic mass is 15.1. The van der Waals surface area contributed by atoms with Gasteiger partial charge >= 0.3 is 0 Å². The van der Waals surface area contributed by atoms with Crippen LogP contribution < -0.4 is 5.32 Å². The van der Waals surface area contributed by atoms with Crippen molar-refractivity contribution in [2.24, 2.45) is 0 Å². The number of hydrogen-bond donors (Lipinski definition) is 1. The number of nitrogens with one attached hydrogen (secondary N) is 1. The summed E-state index contributed by atoms with van der Waals surface area (Å²) in [6.07, 6.45) is 0. The molecule has 0 saturated carbocycles. The molecule has 1 N–H and O–H groups in total. The Bertz CT molecular complexity index is 369. The molecular weight excluding hydrogens is 172 g/mol. The minimum absolute atomic E-state index is 0.921. The normalized spacial score (nSPS) is 14.7. The second-order valence-electron chi connectivity index (χ2n) is 3.82. The van der Waals surface area contributed by atoms with E-state index in [-0.39, 0.29) is 0 Å². The molecule has 1 aromatic carbocycles. The van der Waals surface area contributed by atoms with Crippen molar-refractivity contribution in [3.05, 3.63) is 41.5 Å². The maximum Gasteiger partial charge on any atom is 0.0432 e. The van der Waals surface area contributed by atoms with Crippen LogP contribution in [-0.2, 0) is 13.1 Å². The molecule has 0 fully saturated rings. The fraction of sp³-hybridized carbons (Fsp3) is 0.333. The van der Waals surface area contributed by atoms with E-state index in [2.05, 4.69) is 42.0 Å². The van der Waals surface area contributed by atoms with E-state index in [4.69, 9.17) is 0 Å². The summed E-state index contributed by atoms with van der Waals surface area (Å²) >= 11 is 0. The second-order valence-corrected chi connectivity index (χ2v) is 3.82. The lowest BCUT2D eigenvalue weighted by Gasteiger charge is -2.10. The quantitative estimate of drug-likeness (QED) is 0.761. The predicted octanol–water partition coefficient (Wildman–Crippen LogP) is 1.82. The first-order valence-electron chi connectivity index (χ1n) is 4.89. The number of nitrogens with zero attached hydrogens (tertiary/aromatic N) is 1. The van der Waals surface area contributed by atoms with E-state index in [9.17, 15) is 0 Å². The maximum absolute atomic E-state index is 4.08. The van der Waals surface area contributed by atoms with Crippen molar-refractivity contribution in [3.63, 3.8) is 0 Å². The topological polar surface area (TPSA) is 15.3 Å². The molecule has 1 aliphatic rings. The zero-order valence-corrected chi connectivity index (χ0v) is 8.80. The molecule has 0 radical (unpaired) electrons. The van der Waals surface area contributed by atoms with Crippen LogP contribution in [0.15, 0.2) is 24.8 Å². The van der Waals surface area contributed by atoms with E-state index in [1.807, 2.05) is 7.05 Å². The van der Waals surface area contributed by atoms with Crippen molar-refractivity contribution in [3.8, 4) is 0 Å². The van der Waals surface area contributed by atoms with Gasteiger partial charge in [0.25, 0.3) is 0 Å². The summed E-state index contributed by atoms with van der Waals surface area (Å²) in [5, 5.41) is 3.16. The first kappa shape index (κ1) is 9.28. The number of benzene rings is 1. The van der Waals surface area contributed by atoms with Gasteiger partial charge in [0, 0.05) is 31.4 Å². The van der Waals surface area contributed by atoms with Crippen LogP contribution in [0.5, 0.6) is 0 Å². The van der Waals surface area contributed by atoms with Crippen LogP contribution in [-0.4, -0.2) is 19.0 Å². The molecule has 1 aliphatic heterocycles. The smallest absolute Gasteiger partial charge is 0.0432 e. The molecule has 0 saturated heterocycles. The summed E-state index contributed by atoms with van der Waals surface area (Å²) in [4.78, 5) is 2.19. The van der Waals surface area contributed by atoms with Crippen LogP contribution in [0.2, 0.25) is 0 Å². The molecule has 0 spiro atoms. The third-order valence-electron chi connectivity index (χ3n) is 2.73. The highest BCUT2D eigenvalue weighted by molar-refractivity contribution is 5.69. The lowest BCUT2D eigenvalue weighted by molar-refractivity contribution is 0.501. The first-order chi connectivity index (χ1) is 6.72. The fourth-order valence-corrected chi connectivity index (χ4v) is 1.90. The molecule has 0 bridgehead atoms. The number of rotatable bonds is 2. The standard InChI is InChI=1S/C12H16N2/c1-9-12-6-10(7-13-2)4-5-11(12)8-14(9)3/h4-6,13H,1,7-8H2,2-3H3. The molecule has 2 nitrogen and oxygen atoms in total. The lowest BCUT2D eigenvalue weighted by Crippen LogP contribution is -2.06. The summed E-state index contributed by atoms with van der Waals surface area (Å²) in [6, 6.07) is 6.62. The van der Waals surface area contributed by atoms with Gasteiger partial charge in [-0.2, -0.15) is 0 Å². The Kier molecular flexibility index (Phi) is 2.30. The molecule has 0 aromatic heterocycles. The largest absolute Gasteiger partial charge is 0.370 e. The van der Waals surface area contributed by atoms with Crippen LogP contribution in [0.25, 0.3) is 5.70 Å². The van der Waals surface area contributed by atoms with E-state index >= 15 is 0 Å². The Labute approximate surface area is 85.2 Å². The Balaban J connectivity index is 2.36. The summed E-state index contributed by atoms with van der Waals surface area (Å²) in [7, 11) is 4.05. The summed E-state index contributed by atoms with van der Waals surface area (Å²) < 4.78 is 0. The third-order valence-corrected chi connectivity index (χ3v) is 2.73. The van der Waals surface area contributed by atoms with Crippen LogP contribution in [0, 0.1) is 0 Å². The van der Waals surface area contributed by atoms with Crippen molar-refractivity contribution in [1.29, 1.82) is 0 Å². The van der Waals surface area contributed by atoms with E-state index in [1.165, 1.54) is 16.7 Å². The maximum atomic E-state index is 4.08. The monoisotopic (exact) mass is 188 g/mol. The molecule has 1 aromatic rings. The van der Waals surface area contributed by atoms with Gasteiger partial charge < -0.3 is 10.2 Å². The van der Waals surface area contributed by atoms with Crippen LogP contribution in [0.3, 0.4) is 0 Å². The van der Waals surface area contributed by atoms with Gasteiger partial charge in [0.2, 0.25) is 0 Å². The van der Waals surface area contributed by atoms with Crippen LogP contribution >= 0.6 is 0 Å². The highest BCUT2D eigenvalue weighted by Crippen LogP contribution is 2.30. The second kappa shape index (κ2) is 3.46. The predicted molar refractivity (Wildman–Crippen MR) is 59.7 cm³/mol. The Morgan fingerprint density at radius 1 is 1.50 bits per heavy atom. The average Bonchev–Trinajstić information content (AvgIpc) is 2.45. The Hall–Kier alpha value is -1.28. The summed E-state index contributed by atoms with van der Waals surface area (Å²) in [5.74, 6) is 0. The van der Waals surface area contributed by atoms with Crippen molar-refractivity contribution >= 4 is 5.70 Å². The van der Waals surface area contributed by atoms with Gasteiger partial charge in [0.15, 0.2) is 0 Å². The highest BCUT2D eigenvalue weighted by Gasteiger charge is 2.18. The SMILES string of the molecule is C=C1c2cc(CNC)ccc2CN1C. The minimum Gasteiger partial charge on any atom is -0.370 e. The van der Waals surface area contributed by atoms with Gasteiger partial charge in [0.1, 0.15) is 0 Å². The Morgan fingerprint density at radius 2 is 2.29 bits per heavy atom. The molecule has 74 valence electrons. The van der Waals surface area contributed by atoms with Crippen LogP contribution in [0.1, 0.15) is 16.7 Å². The summed E-state index contributed by atoms with van der Waals surface area (Å²) in [5.41, 5.74) is 5.15. The lowest BCUT2D eigenvalue weighted by atomic mass is 10.1. The van der Waals surface area contributed by atoms with E-state index in [1.54, 1.807) is 0 Å². The van der Waals surface area contributed by atoms with E-state index < -0.39 is 0 Å². The minimum atomic E-state index is 0.921.